The number of nitrogens with one attached hydrogen (secondary N) is 1. The van der Waals surface area contributed by atoms with Gasteiger partial charge in [-0.2, -0.15) is 11.8 Å². The van der Waals surface area contributed by atoms with Gasteiger partial charge in [-0.15, -0.1) is 0 Å². The van der Waals surface area contributed by atoms with Gasteiger partial charge in [0.05, 0.1) is 23.6 Å². The number of benzene rings is 1. The predicted molar refractivity (Wildman–Crippen MR) is 64.8 cm³/mol. The molecule has 16 heavy (non-hydrogen) atoms. The average molecular weight is 239 g/mol. The van der Waals surface area contributed by atoms with Crippen LogP contribution in [-0.2, 0) is 6.54 Å². The largest absolute Gasteiger partial charge is 0.330 e. The molecule has 0 aliphatic carbocycles. The molecule has 1 aromatic carbocycles. The van der Waals surface area contributed by atoms with Crippen LogP contribution in [0.5, 0.6) is 0 Å². The number of quaternary nitrogens is 1. The van der Waals surface area contributed by atoms with Gasteiger partial charge < -0.3 is 4.90 Å². The molecule has 0 aromatic heterocycles. The number of thioether (sulfide) groups is 1. The van der Waals surface area contributed by atoms with Crippen molar-refractivity contribution in [2.75, 3.05) is 24.6 Å². The molecule has 1 aliphatic heterocycles. The van der Waals surface area contributed by atoms with Gasteiger partial charge in [0.25, 0.3) is 5.69 Å². The Morgan fingerprint density at radius 2 is 2.00 bits per heavy atom. The average Bonchev–Trinajstić information content (AvgIpc) is 2.31. The van der Waals surface area contributed by atoms with Gasteiger partial charge in [0.1, 0.15) is 6.54 Å². The maximum absolute atomic E-state index is 10.9. The number of nitrogens with zero attached hydrogens (tertiary/aromatic N) is 1. The van der Waals surface area contributed by atoms with Crippen LogP contribution in [-0.4, -0.2) is 29.5 Å². The molecule has 4 nitrogen and oxygen atoms in total. The molecular formula is C11H15N2O2S+. The summed E-state index contributed by atoms with van der Waals surface area (Å²) < 4.78 is 0. The van der Waals surface area contributed by atoms with Crippen molar-refractivity contribution in [3.63, 3.8) is 0 Å². The highest BCUT2D eigenvalue weighted by molar-refractivity contribution is 7.99. The minimum atomic E-state index is -0.284. The number of hydrogen-bond donors (Lipinski definition) is 1. The molecule has 1 saturated heterocycles. The van der Waals surface area contributed by atoms with E-state index in [9.17, 15) is 10.1 Å². The molecule has 1 aromatic rings. The number of para-hydroxylation sites is 1. The van der Waals surface area contributed by atoms with Gasteiger partial charge in [-0.25, -0.2) is 0 Å². The Kier molecular flexibility index (Phi) is 3.79. The Morgan fingerprint density at radius 1 is 1.31 bits per heavy atom. The summed E-state index contributed by atoms with van der Waals surface area (Å²) >= 11 is 1.97. The molecule has 1 heterocycles. The molecule has 0 spiro atoms. The van der Waals surface area contributed by atoms with E-state index in [4.69, 9.17) is 0 Å². The van der Waals surface area contributed by atoms with E-state index in [2.05, 4.69) is 0 Å². The summed E-state index contributed by atoms with van der Waals surface area (Å²) in [6.07, 6.45) is 0. The van der Waals surface area contributed by atoms with Gasteiger partial charge in [0.15, 0.2) is 0 Å². The molecule has 86 valence electrons. The lowest BCUT2D eigenvalue weighted by molar-refractivity contribution is -0.910. The second-order valence-electron chi connectivity index (χ2n) is 3.92. The summed E-state index contributed by atoms with van der Waals surface area (Å²) in [7, 11) is 0. The Labute approximate surface area is 98.8 Å². The standard InChI is InChI=1S/C11H14N2O2S/c14-13(15)11-4-2-1-3-10(11)9-12-5-7-16-8-6-12/h1-4H,5-9H2/p+1. The zero-order chi connectivity index (χ0) is 11.4. The fourth-order valence-electron chi connectivity index (χ4n) is 1.94. The van der Waals surface area contributed by atoms with E-state index >= 15 is 0 Å². The van der Waals surface area contributed by atoms with Crippen LogP contribution in [0.4, 0.5) is 5.69 Å². The molecule has 0 bridgehead atoms. The van der Waals surface area contributed by atoms with Crippen molar-refractivity contribution in [3.05, 3.63) is 39.9 Å². The highest BCUT2D eigenvalue weighted by Gasteiger charge is 2.19. The molecule has 0 unspecified atom stereocenters. The summed E-state index contributed by atoms with van der Waals surface area (Å²) in [5.74, 6) is 2.33. The smallest absolute Gasteiger partial charge is 0.278 e. The van der Waals surface area contributed by atoms with E-state index in [1.807, 2.05) is 23.9 Å². The Hall–Kier alpha value is -1.07. The molecule has 0 radical (unpaired) electrons. The van der Waals surface area contributed by atoms with E-state index in [1.165, 1.54) is 4.90 Å². The second kappa shape index (κ2) is 5.32. The summed E-state index contributed by atoms with van der Waals surface area (Å²) in [5, 5.41) is 10.9. The second-order valence-corrected chi connectivity index (χ2v) is 5.15. The van der Waals surface area contributed by atoms with Crippen LogP contribution in [0.1, 0.15) is 5.56 Å². The van der Waals surface area contributed by atoms with Crippen LogP contribution in [0.2, 0.25) is 0 Å². The summed E-state index contributed by atoms with van der Waals surface area (Å²) in [5.41, 5.74) is 1.11. The molecule has 1 fully saturated rings. The fourth-order valence-corrected chi connectivity index (χ4v) is 3.01. The summed E-state index contributed by atoms with van der Waals surface area (Å²) in [4.78, 5) is 12.0. The van der Waals surface area contributed by atoms with Gasteiger partial charge in [-0.1, -0.05) is 12.1 Å². The first kappa shape index (κ1) is 11.4. The van der Waals surface area contributed by atoms with Gasteiger partial charge >= 0.3 is 0 Å². The highest BCUT2D eigenvalue weighted by Crippen LogP contribution is 2.16. The SMILES string of the molecule is O=[N+]([O-])c1ccccc1C[NH+]1CCSCC1. The van der Waals surface area contributed by atoms with Crippen molar-refractivity contribution >= 4 is 17.4 Å². The third-order valence-electron chi connectivity index (χ3n) is 2.83. The molecule has 0 amide bonds. The molecule has 0 saturated carbocycles. The van der Waals surface area contributed by atoms with E-state index in [-0.39, 0.29) is 10.6 Å². The van der Waals surface area contributed by atoms with Gasteiger partial charge in [-0.05, 0) is 6.07 Å². The van der Waals surface area contributed by atoms with Crippen LogP contribution in [0.3, 0.4) is 0 Å². The Morgan fingerprint density at radius 3 is 2.69 bits per heavy atom. The maximum Gasteiger partial charge on any atom is 0.278 e. The first-order valence-electron chi connectivity index (χ1n) is 5.41. The number of nitro benzene ring substituents is 1. The van der Waals surface area contributed by atoms with Crippen molar-refractivity contribution in [1.82, 2.24) is 0 Å². The van der Waals surface area contributed by atoms with Gasteiger partial charge in [0, 0.05) is 17.6 Å². The third kappa shape index (κ3) is 2.74. The van der Waals surface area contributed by atoms with Crippen molar-refractivity contribution in [3.8, 4) is 0 Å². The van der Waals surface area contributed by atoms with Crippen LogP contribution >= 0.6 is 11.8 Å². The zero-order valence-corrected chi connectivity index (χ0v) is 9.83. The molecule has 1 N–H and O–H groups in total. The van der Waals surface area contributed by atoms with Gasteiger partial charge in [0.2, 0.25) is 0 Å². The summed E-state index contributed by atoms with van der Waals surface area (Å²) in [6.45, 7) is 2.99. The normalized spacial score (nSPS) is 17.2. The maximum atomic E-state index is 10.9. The first-order valence-corrected chi connectivity index (χ1v) is 6.56. The fraction of sp³-hybridized carbons (Fsp3) is 0.455. The van der Waals surface area contributed by atoms with Crippen LogP contribution in [0.25, 0.3) is 0 Å². The highest BCUT2D eigenvalue weighted by atomic mass is 32.2. The minimum absolute atomic E-state index is 0.258. The van der Waals surface area contributed by atoms with Crippen LogP contribution in [0.15, 0.2) is 24.3 Å². The lowest BCUT2D eigenvalue weighted by atomic mass is 10.1. The van der Waals surface area contributed by atoms with Gasteiger partial charge in [-0.3, -0.25) is 10.1 Å². The monoisotopic (exact) mass is 239 g/mol. The number of nitro groups is 1. The van der Waals surface area contributed by atoms with Crippen molar-refractivity contribution < 1.29 is 9.82 Å². The molecule has 0 atom stereocenters. The predicted octanol–water partition coefficient (Wildman–Crippen LogP) is 0.727. The number of hydrogen-bond acceptors (Lipinski definition) is 3. The number of rotatable bonds is 3. The zero-order valence-electron chi connectivity index (χ0n) is 9.02. The van der Waals surface area contributed by atoms with E-state index < -0.39 is 0 Å². The molecule has 2 rings (SSSR count). The van der Waals surface area contributed by atoms with E-state index in [1.54, 1.807) is 12.1 Å². The summed E-state index contributed by atoms with van der Waals surface area (Å²) in [6, 6.07) is 7.06. The lowest BCUT2D eigenvalue weighted by Crippen LogP contribution is -3.12. The topological polar surface area (TPSA) is 47.6 Å². The molecular weight excluding hydrogens is 224 g/mol. The minimum Gasteiger partial charge on any atom is -0.330 e. The third-order valence-corrected chi connectivity index (χ3v) is 3.81. The quantitative estimate of drug-likeness (QED) is 0.625. The molecule has 1 aliphatic rings. The van der Waals surface area contributed by atoms with Crippen LogP contribution < -0.4 is 4.90 Å². The van der Waals surface area contributed by atoms with E-state index in [0.29, 0.717) is 0 Å². The van der Waals surface area contributed by atoms with Crippen LogP contribution in [0, 0.1) is 10.1 Å². The van der Waals surface area contributed by atoms with Crippen molar-refractivity contribution in [2.45, 2.75) is 6.54 Å². The van der Waals surface area contributed by atoms with E-state index in [0.717, 1.165) is 36.7 Å². The van der Waals surface area contributed by atoms with Crippen molar-refractivity contribution in [1.29, 1.82) is 0 Å². The first-order chi connectivity index (χ1) is 7.77. The Bertz CT molecular complexity index is 378. The lowest BCUT2D eigenvalue weighted by Gasteiger charge is -2.23. The Balaban J connectivity index is 2.10. The van der Waals surface area contributed by atoms with Crippen molar-refractivity contribution in [2.24, 2.45) is 0 Å². The molecule has 5 heteroatoms.